The largest absolute Gasteiger partial charge is 0.299 e. The molecule has 3 nitrogen and oxygen atoms in total. The molecule has 0 unspecified atom stereocenters. The molecule has 3 heteroatoms. The molecule has 2 bridgehead atoms. The van der Waals surface area contributed by atoms with Crippen molar-refractivity contribution in [2.24, 2.45) is 5.92 Å². The van der Waals surface area contributed by atoms with Gasteiger partial charge in [0.25, 0.3) is 0 Å². The Morgan fingerprint density at radius 3 is 2.60 bits per heavy atom. The Balaban J connectivity index is 1.34. The summed E-state index contributed by atoms with van der Waals surface area (Å²) in [5.74, 6) is 0.985. The normalized spacial score (nSPS) is 22.8. The highest BCUT2D eigenvalue weighted by Crippen LogP contribution is 2.36. The van der Waals surface area contributed by atoms with Crippen LogP contribution in [0, 0.1) is 5.92 Å². The topological polar surface area (TPSA) is 19.4 Å². The van der Waals surface area contributed by atoms with Gasteiger partial charge in [0.1, 0.15) is 0 Å². The standard InChI is InChI=1S/C22H29N3/c1-2-6-19(7-3-1)11-13-24(18-21-8-4-5-12-23-21)14-15-25-17-20-9-10-22(25)16-20/h1-8,12,20,22H,9-11,13-18H2/t20-,22+/m0/s1. The summed E-state index contributed by atoms with van der Waals surface area (Å²) in [6.45, 7) is 5.74. The van der Waals surface area contributed by atoms with Gasteiger partial charge in [-0.15, -0.1) is 0 Å². The zero-order valence-electron chi connectivity index (χ0n) is 15.1. The number of nitrogens with zero attached hydrogens (tertiary/aromatic N) is 3. The summed E-state index contributed by atoms with van der Waals surface area (Å²) >= 11 is 0. The lowest BCUT2D eigenvalue weighted by atomic mass is 10.1. The zero-order chi connectivity index (χ0) is 16.9. The lowest BCUT2D eigenvalue weighted by molar-refractivity contribution is 0.168. The molecule has 0 spiro atoms. The van der Waals surface area contributed by atoms with E-state index in [0.29, 0.717) is 0 Å². The lowest BCUT2D eigenvalue weighted by Gasteiger charge is -2.30. The Bertz CT molecular complexity index is 643. The fourth-order valence-electron chi connectivity index (χ4n) is 4.49. The van der Waals surface area contributed by atoms with Gasteiger partial charge in [-0.2, -0.15) is 0 Å². The molecule has 0 radical (unpaired) electrons. The molecule has 2 aliphatic rings. The molecule has 2 atom stereocenters. The molecule has 2 heterocycles. The Morgan fingerprint density at radius 2 is 1.88 bits per heavy atom. The van der Waals surface area contributed by atoms with E-state index < -0.39 is 0 Å². The summed E-state index contributed by atoms with van der Waals surface area (Å²) in [6.07, 6.45) is 7.36. The first-order chi connectivity index (χ1) is 12.4. The average Bonchev–Trinajstić information content (AvgIpc) is 3.29. The van der Waals surface area contributed by atoms with Gasteiger partial charge in [-0.1, -0.05) is 36.4 Å². The first kappa shape index (κ1) is 16.7. The third-order valence-corrected chi connectivity index (χ3v) is 5.90. The van der Waals surface area contributed by atoms with Crippen LogP contribution < -0.4 is 0 Å². The van der Waals surface area contributed by atoms with Crippen molar-refractivity contribution in [2.75, 3.05) is 26.2 Å². The highest BCUT2D eigenvalue weighted by Gasteiger charge is 2.37. The van der Waals surface area contributed by atoms with E-state index in [1.807, 2.05) is 12.3 Å². The van der Waals surface area contributed by atoms with E-state index in [9.17, 15) is 0 Å². The summed E-state index contributed by atoms with van der Waals surface area (Å²) < 4.78 is 0. The van der Waals surface area contributed by atoms with Crippen molar-refractivity contribution < 1.29 is 0 Å². The van der Waals surface area contributed by atoms with Crippen molar-refractivity contribution in [1.29, 1.82) is 0 Å². The highest BCUT2D eigenvalue weighted by molar-refractivity contribution is 5.15. The Hall–Kier alpha value is -1.71. The quantitative estimate of drug-likeness (QED) is 0.735. The second-order valence-corrected chi connectivity index (χ2v) is 7.66. The Morgan fingerprint density at radius 1 is 1.00 bits per heavy atom. The SMILES string of the molecule is c1ccc(CCN(CCN2C[C@H]3CC[C@@H]2C3)Cc2ccccn2)cc1. The van der Waals surface area contributed by atoms with Crippen LogP contribution in [0.5, 0.6) is 0 Å². The van der Waals surface area contributed by atoms with Crippen LogP contribution in [0.2, 0.25) is 0 Å². The van der Waals surface area contributed by atoms with E-state index in [4.69, 9.17) is 0 Å². The van der Waals surface area contributed by atoms with E-state index >= 15 is 0 Å². The number of fused-ring (bicyclic) bond motifs is 2. The van der Waals surface area contributed by atoms with Gasteiger partial charge in [0.2, 0.25) is 0 Å². The lowest BCUT2D eigenvalue weighted by Crippen LogP contribution is -2.39. The van der Waals surface area contributed by atoms with Gasteiger partial charge < -0.3 is 0 Å². The van der Waals surface area contributed by atoms with Crippen LogP contribution in [0.3, 0.4) is 0 Å². The van der Waals surface area contributed by atoms with Gasteiger partial charge >= 0.3 is 0 Å². The maximum absolute atomic E-state index is 4.54. The molecule has 2 fully saturated rings. The van der Waals surface area contributed by atoms with E-state index in [1.165, 1.54) is 43.6 Å². The number of rotatable bonds is 8. The minimum atomic E-state index is 0.871. The molecule has 0 amide bonds. The fourth-order valence-corrected chi connectivity index (χ4v) is 4.49. The van der Waals surface area contributed by atoms with Gasteiger partial charge in [0.15, 0.2) is 0 Å². The van der Waals surface area contributed by atoms with Crippen molar-refractivity contribution in [3.8, 4) is 0 Å². The molecular formula is C22H29N3. The van der Waals surface area contributed by atoms with E-state index in [1.54, 1.807) is 0 Å². The van der Waals surface area contributed by atoms with Gasteiger partial charge in [0, 0.05) is 45.0 Å². The zero-order valence-corrected chi connectivity index (χ0v) is 15.1. The summed E-state index contributed by atoms with van der Waals surface area (Å²) in [5.41, 5.74) is 2.60. The number of hydrogen-bond donors (Lipinski definition) is 0. The summed E-state index contributed by atoms with van der Waals surface area (Å²) in [6, 6.07) is 18.0. The molecule has 1 aromatic heterocycles. The van der Waals surface area contributed by atoms with E-state index in [2.05, 4.69) is 57.2 Å². The molecule has 1 aromatic carbocycles. The Labute approximate surface area is 151 Å². The molecule has 2 aromatic rings. The minimum Gasteiger partial charge on any atom is -0.299 e. The molecule has 1 aliphatic carbocycles. The summed E-state index contributed by atoms with van der Waals surface area (Å²) in [7, 11) is 0. The van der Waals surface area contributed by atoms with Crippen molar-refractivity contribution in [2.45, 2.75) is 38.3 Å². The molecule has 1 saturated carbocycles. The van der Waals surface area contributed by atoms with Gasteiger partial charge in [0.05, 0.1) is 5.69 Å². The maximum Gasteiger partial charge on any atom is 0.0543 e. The van der Waals surface area contributed by atoms with Crippen LogP contribution in [-0.2, 0) is 13.0 Å². The first-order valence-corrected chi connectivity index (χ1v) is 9.77. The van der Waals surface area contributed by atoms with Gasteiger partial charge in [-0.25, -0.2) is 0 Å². The first-order valence-electron chi connectivity index (χ1n) is 9.77. The van der Waals surface area contributed by atoms with Crippen molar-refractivity contribution in [1.82, 2.24) is 14.8 Å². The molecule has 1 aliphatic heterocycles. The number of pyridine rings is 1. The second-order valence-electron chi connectivity index (χ2n) is 7.66. The summed E-state index contributed by atoms with van der Waals surface area (Å²) in [4.78, 5) is 9.86. The predicted molar refractivity (Wildman–Crippen MR) is 102 cm³/mol. The smallest absolute Gasteiger partial charge is 0.0543 e. The van der Waals surface area contributed by atoms with Crippen LogP contribution in [-0.4, -0.2) is 47.0 Å². The fraction of sp³-hybridized carbons (Fsp3) is 0.500. The molecule has 0 N–H and O–H groups in total. The number of benzene rings is 1. The van der Waals surface area contributed by atoms with Crippen LogP contribution >= 0.6 is 0 Å². The minimum absolute atomic E-state index is 0.871. The summed E-state index contributed by atoms with van der Waals surface area (Å²) in [5, 5.41) is 0. The van der Waals surface area contributed by atoms with E-state index in [0.717, 1.165) is 38.0 Å². The van der Waals surface area contributed by atoms with Crippen LogP contribution in [0.1, 0.15) is 30.5 Å². The third kappa shape index (κ3) is 4.47. The highest BCUT2D eigenvalue weighted by atomic mass is 15.2. The van der Waals surface area contributed by atoms with Gasteiger partial charge in [-0.05, 0) is 49.3 Å². The van der Waals surface area contributed by atoms with Crippen LogP contribution in [0.25, 0.3) is 0 Å². The molecule has 25 heavy (non-hydrogen) atoms. The third-order valence-electron chi connectivity index (χ3n) is 5.90. The predicted octanol–water partition coefficient (Wildman–Crippen LogP) is 3.61. The van der Waals surface area contributed by atoms with E-state index in [-0.39, 0.29) is 0 Å². The number of hydrogen-bond acceptors (Lipinski definition) is 3. The second kappa shape index (κ2) is 8.11. The monoisotopic (exact) mass is 335 g/mol. The van der Waals surface area contributed by atoms with Crippen molar-refractivity contribution >= 4 is 0 Å². The van der Waals surface area contributed by atoms with Crippen LogP contribution in [0.15, 0.2) is 54.7 Å². The number of aromatic nitrogens is 1. The molecule has 4 rings (SSSR count). The number of piperidine rings is 1. The average molecular weight is 335 g/mol. The van der Waals surface area contributed by atoms with Gasteiger partial charge in [-0.3, -0.25) is 14.8 Å². The molecular weight excluding hydrogens is 306 g/mol. The van der Waals surface area contributed by atoms with Crippen LogP contribution in [0.4, 0.5) is 0 Å². The molecule has 1 saturated heterocycles. The number of likely N-dealkylation sites (tertiary alicyclic amines) is 1. The Kier molecular flexibility index (Phi) is 5.43. The maximum atomic E-state index is 4.54. The van der Waals surface area contributed by atoms with Crippen molar-refractivity contribution in [3.63, 3.8) is 0 Å². The van der Waals surface area contributed by atoms with Crippen molar-refractivity contribution in [3.05, 3.63) is 66.0 Å². The molecule has 132 valence electrons.